The van der Waals surface area contributed by atoms with E-state index in [0.29, 0.717) is 0 Å². The number of ether oxygens (including phenoxy) is 2. The molecule has 0 aliphatic heterocycles. The minimum atomic E-state index is -1.42. The fourth-order valence-corrected chi connectivity index (χ4v) is 3.00. The Hall–Kier alpha value is -5.80. The van der Waals surface area contributed by atoms with Gasteiger partial charge in [0.05, 0.1) is 25.2 Å². The number of carboxylic acid groups (broad SMARTS) is 4. The van der Waals surface area contributed by atoms with Gasteiger partial charge in [0.15, 0.2) is 0 Å². The highest BCUT2D eigenvalue weighted by molar-refractivity contribution is 5.70. The first kappa shape index (κ1) is 38.2. The second kappa shape index (κ2) is 22.7. The molecule has 0 fully saturated rings. The Bertz CT molecular complexity index is 1310. The summed E-state index contributed by atoms with van der Waals surface area (Å²) in [6.45, 7) is -2.56. The van der Waals surface area contributed by atoms with Gasteiger partial charge in [0.25, 0.3) is 0 Å². The van der Waals surface area contributed by atoms with Gasteiger partial charge in [0, 0.05) is 47.0 Å². The molecule has 0 amide bonds. The Kier molecular flexibility index (Phi) is 18.9. The third-order valence-electron chi connectivity index (χ3n) is 4.92. The van der Waals surface area contributed by atoms with Gasteiger partial charge in [-0.1, -0.05) is 36.4 Å². The van der Waals surface area contributed by atoms with E-state index in [0.717, 1.165) is 34.1 Å². The molecular formula is C32H36N4O10. The van der Waals surface area contributed by atoms with Gasteiger partial charge in [0.2, 0.25) is 0 Å². The molecule has 0 aromatic heterocycles. The molecule has 0 atom stereocenters. The molecule has 0 aliphatic carbocycles. The van der Waals surface area contributed by atoms with E-state index in [-0.39, 0.29) is 0 Å². The average molecular weight is 637 g/mol. The van der Waals surface area contributed by atoms with Crippen molar-refractivity contribution < 1.29 is 60.5 Å². The summed E-state index contributed by atoms with van der Waals surface area (Å²) in [5, 5.41) is 41.5. The molecule has 14 nitrogen and oxygen atoms in total. The van der Waals surface area contributed by atoms with Crippen LogP contribution >= 0.6 is 0 Å². The van der Waals surface area contributed by atoms with Crippen molar-refractivity contribution >= 4 is 58.0 Å². The van der Waals surface area contributed by atoms with Gasteiger partial charge in [-0.05, 0) is 48.5 Å². The first-order chi connectivity index (χ1) is 21.9. The zero-order valence-electron chi connectivity index (χ0n) is 24.8. The van der Waals surface area contributed by atoms with E-state index in [1.807, 2.05) is 109 Å². The van der Waals surface area contributed by atoms with Gasteiger partial charge in [-0.3, -0.25) is 0 Å². The zero-order chi connectivity index (χ0) is 34.2. The monoisotopic (exact) mass is 636 g/mol. The molecule has 0 bridgehead atoms. The van der Waals surface area contributed by atoms with Crippen molar-refractivity contribution in [3.05, 3.63) is 109 Å². The normalized spacial score (nSPS) is 9.43. The highest BCUT2D eigenvalue weighted by atomic mass is 16.5. The molecule has 4 aromatic carbocycles. The van der Waals surface area contributed by atoms with Crippen LogP contribution in [0.25, 0.3) is 0 Å². The van der Waals surface area contributed by atoms with Crippen LogP contribution in [0.2, 0.25) is 0 Å². The summed E-state index contributed by atoms with van der Waals surface area (Å²) in [7, 11) is 0. The molecule has 0 saturated heterocycles. The number of para-hydroxylation sites is 2. The van der Waals surface area contributed by atoms with Crippen molar-refractivity contribution in [1.29, 1.82) is 0 Å². The van der Waals surface area contributed by atoms with Gasteiger partial charge in [-0.15, -0.1) is 0 Å². The number of aliphatic carboxylic acids is 4. The Labute approximate surface area is 264 Å². The van der Waals surface area contributed by atoms with Crippen molar-refractivity contribution in [2.75, 3.05) is 37.1 Å². The fourth-order valence-electron chi connectivity index (χ4n) is 3.00. The lowest BCUT2D eigenvalue weighted by Gasteiger charge is -2.04. The summed E-state index contributed by atoms with van der Waals surface area (Å²) in [5.41, 5.74) is 14.1. The number of benzene rings is 4. The summed E-state index contributed by atoms with van der Waals surface area (Å²) < 4.78 is 8.19. The molecule has 0 radical (unpaired) electrons. The molecule has 4 aromatic rings. The average Bonchev–Trinajstić information content (AvgIpc) is 3.01. The zero-order valence-corrected chi connectivity index (χ0v) is 24.8. The lowest BCUT2D eigenvalue weighted by molar-refractivity contribution is -0.310. The number of quaternary nitrogens is 2. The topological polar surface area (TPSA) is 253 Å². The lowest BCUT2D eigenvalue weighted by atomic mass is 10.2. The van der Waals surface area contributed by atoms with E-state index in [1.54, 1.807) is 0 Å². The van der Waals surface area contributed by atoms with Crippen molar-refractivity contribution in [2.45, 2.75) is 0 Å². The predicted molar refractivity (Wildman–Crippen MR) is 164 cm³/mol. The van der Waals surface area contributed by atoms with Crippen molar-refractivity contribution in [3.63, 3.8) is 0 Å². The minimum Gasteiger partial charge on any atom is -0.548 e. The van der Waals surface area contributed by atoms with Gasteiger partial charge < -0.3 is 61.6 Å². The molecule has 0 unspecified atom stereocenters. The number of rotatable bonds is 12. The number of carbonyl (C=O) groups excluding carboxylic acids is 2. The highest BCUT2D eigenvalue weighted by Crippen LogP contribution is 2.17. The number of nitrogens with one attached hydrogen (secondary N) is 2. The number of hydrogen-bond acceptors (Lipinski definition) is 10. The van der Waals surface area contributed by atoms with E-state index >= 15 is 0 Å². The minimum absolute atomic E-state index is 0.603. The second-order valence-electron chi connectivity index (χ2n) is 8.89. The molecule has 244 valence electrons. The van der Waals surface area contributed by atoms with Crippen molar-refractivity contribution in [1.82, 2.24) is 0 Å². The Morgan fingerprint density at radius 2 is 0.783 bits per heavy atom. The highest BCUT2D eigenvalue weighted by Gasteiger charge is 1.96. The van der Waals surface area contributed by atoms with E-state index in [2.05, 4.69) is 31.6 Å². The van der Waals surface area contributed by atoms with Crippen molar-refractivity contribution in [3.8, 4) is 0 Å². The van der Waals surface area contributed by atoms with Crippen molar-refractivity contribution in [2.24, 2.45) is 0 Å². The van der Waals surface area contributed by atoms with Crippen LogP contribution in [-0.2, 0) is 28.7 Å². The quantitative estimate of drug-likeness (QED) is 0.123. The Balaban J connectivity index is 0.000000315. The summed E-state index contributed by atoms with van der Waals surface area (Å²) in [6.07, 6.45) is 0. The molecule has 4 rings (SSSR count). The molecule has 0 aliphatic rings. The SMILES string of the molecule is O=C([O-])COCC(=O)O.O=C([O-])COCC(=O)O.[NH3+]c1ccc(Nc2ccccc2)cc1.[NH3+]c1ccc(Nc2ccccc2)cc1. The Morgan fingerprint density at radius 3 is 1.04 bits per heavy atom. The summed E-state index contributed by atoms with van der Waals surface area (Å²) in [6, 6.07) is 36.3. The smallest absolute Gasteiger partial charge is 0.329 e. The van der Waals surface area contributed by atoms with E-state index in [1.165, 1.54) is 0 Å². The van der Waals surface area contributed by atoms with Crippen LogP contribution in [0.5, 0.6) is 0 Å². The largest absolute Gasteiger partial charge is 0.548 e. The summed E-state index contributed by atoms with van der Waals surface area (Å²) >= 11 is 0. The molecule has 10 N–H and O–H groups in total. The fraction of sp³-hybridized carbons (Fsp3) is 0.125. The lowest BCUT2D eigenvalue weighted by Crippen LogP contribution is -2.39. The van der Waals surface area contributed by atoms with Crippen LogP contribution in [0.3, 0.4) is 0 Å². The summed E-state index contributed by atoms with van der Waals surface area (Å²) in [5.74, 6) is -5.24. The Morgan fingerprint density at radius 1 is 0.500 bits per heavy atom. The van der Waals surface area contributed by atoms with Crippen LogP contribution in [0.1, 0.15) is 0 Å². The summed E-state index contributed by atoms with van der Waals surface area (Å²) in [4.78, 5) is 38.4. The molecule has 46 heavy (non-hydrogen) atoms. The van der Waals surface area contributed by atoms with E-state index in [9.17, 15) is 29.4 Å². The third kappa shape index (κ3) is 21.0. The number of carbonyl (C=O) groups is 4. The van der Waals surface area contributed by atoms with Crippen LogP contribution < -0.4 is 32.3 Å². The molecule has 0 spiro atoms. The predicted octanol–water partition coefficient (Wildman–Crippen LogP) is 0.282. The first-order valence-electron chi connectivity index (χ1n) is 13.4. The number of hydrogen-bond donors (Lipinski definition) is 6. The number of anilines is 4. The molecule has 14 heteroatoms. The molecule has 0 saturated carbocycles. The van der Waals surface area contributed by atoms with Gasteiger partial charge >= 0.3 is 11.9 Å². The van der Waals surface area contributed by atoms with E-state index in [4.69, 9.17) is 10.2 Å². The maximum absolute atomic E-state index is 9.64. The van der Waals surface area contributed by atoms with Crippen LogP contribution in [0.15, 0.2) is 109 Å². The maximum atomic E-state index is 9.64. The first-order valence-corrected chi connectivity index (χ1v) is 13.4. The van der Waals surface area contributed by atoms with Gasteiger partial charge in [0.1, 0.15) is 24.6 Å². The van der Waals surface area contributed by atoms with E-state index < -0.39 is 50.3 Å². The van der Waals surface area contributed by atoms with Crippen LogP contribution in [0.4, 0.5) is 34.1 Å². The van der Waals surface area contributed by atoms with Gasteiger partial charge in [-0.2, -0.15) is 0 Å². The third-order valence-corrected chi connectivity index (χ3v) is 4.92. The molecular weight excluding hydrogens is 600 g/mol. The molecule has 0 heterocycles. The number of carboxylic acids is 4. The van der Waals surface area contributed by atoms with Crippen LogP contribution in [-0.4, -0.2) is 60.5 Å². The second-order valence-corrected chi connectivity index (χ2v) is 8.89. The van der Waals surface area contributed by atoms with Gasteiger partial charge in [-0.25, -0.2) is 9.59 Å². The van der Waals surface area contributed by atoms with Crippen LogP contribution in [0, 0.1) is 0 Å². The standard InChI is InChI=1S/2C12H12N2.2C4H6O5/c2*13-10-6-8-12(9-7-10)14-11-4-2-1-3-5-11;2*5-3(6)1-9-2-4(7)8/h2*1-9,14H,13H2;2*1-2H2,(H,5,6)(H,7,8). The maximum Gasteiger partial charge on any atom is 0.329 e.